The number of aromatic amines is 2. The molecule has 3 aromatic heterocycles. The van der Waals surface area contributed by atoms with Crippen LogP contribution < -0.4 is 22.0 Å². The predicted molar refractivity (Wildman–Crippen MR) is 97.2 cm³/mol. The Morgan fingerprint density at radius 3 is 2.82 bits per heavy atom. The summed E-state index contributed by atoms with van der Waals surface area (Å²) < 4.78 is 6.93. The number of imidazole rings is 1. The Balaban J connectivity index is 1.63. The van der Waals surface area contributed by atoms with Crippen molar-refractivity contribution in [3.63, 3.8) is 0 Å². The molecule has 1 saturated carbocycles. The van der Waals surface area contributed by atoms with Crippen LogP contribution in [0.15, 0.2) is 16.0 Å². The second kappa shape index (κ2) is 6.73. The summed E-state index contributed by atoms with van der Waals surface area (Å²) in [6.07, 6.45) is 5.27. The number of hydrazine groups is 1. The largest absolute Gasteiger partial charge is 0.493 e. The lowest BCUT2D eigenvalue weighted by molar-refractivity contribution is 0.0492. The maximum absolute atomic E-state index is 11.4. The number of H-pyrrole nitrogens is 2. The molecular formula is C16H19N9O3. The van der Waals surface area contributed by atoms with Gasteiger partial charge in [0, 0.05) is 18.3 Å². The van der Waals surface area contributed by atoms with Gasteiger partial charge in [0.15, 0.2) is 5.65 Å². The molecule has 146 valence electrons. The molecule has 3 aromatic rings. The number of nitrogens with zero attached hydrogens (tertiary/aromatic N) is 6. The maximum Gasteiger partial charge on any atom is 0.326 e. The number of aromatic hydroxyl groups is 1. The van der Waals surface area contributed by atoms with E-state index in [9.17, 15) is 9.90 Å². The van der Waals surface area contributed by atoms with Gasteiger partial charge in [0.25, 0.3) is 5.62 Å². The first-order valence-electron chi connectivity index (χ1n) is 9.08. The van der Waals surface area contributed by atoms with Crippen molar-refractivity contribution in [1.29, 1.82) is 0 Å². The van der Waals surface area contributed by atoms with E-state index in [0.29, 0.717) is 35.6 Å². The van der Waals surface area contributed by atoms with Gasteiger partial charge in [0.2, 0.25) is 11.8 Å². The lowest BCUT2D eigenvalue weighted by Crippen LogP contribution is -2.41. The molecule has 1 aliphatic heterocycles. The maximum atomic E-state index is 11.4. The highest BCUT2D eigenvalue weighted by molar-refractivity contribution is 5.57. The zero-order valence-electron chi connectivity index (χ0n) is 14.9. The average Bonchev–Trinajstić information content (AvgIpc) is 3.32. The van der Waals surface area contributed by atoms with Crippen LogP contribution in [0.3, 0.4) is 0 Å². The van der Waals surface area contributed by atoms with E-state index in [1.165, 1.54) is 0 Å². The first-order valence-corrected chi connectivity index (χ1v) is 9.08. The SMILES string of the molecule is O=c1[nH]c(O)c(/C=c2/cnn3c(=NC4CC4)nc(NN4CCOCC4)nc23)[nH]1. The number of fused-ring (bicyclic) bond motifs is 1. The molecule has 0 unspecified atom stereocenters. The number of hydrogen-bond donors (Lipinski definition) is 4. The summed E-state index contributed by atoms with van der Waals surface area (Å²) in [6, 6.07) is 0.260. The molecule has 0 radical (unpaired) electrons. The van der Waals surface area contributed by atoms with Gasteiger partial charge >= 0.3 is 5.69 Å². The molecule has 28 heavy (non-hydrogen) atoms. The number of hydrogen-bond acceptors (Lipinski definition) is 9. The number of anilines is 1. The van der Waals surface area contributed by atoms with Crippen molar-refractivity contribution in [2.75, 3.05) is 31.7 Å². The summed E-state index contributed by atoms with van der Waals surface area (Å²) in [5, 5.41) is 16.8. The minimum atomic E-state index is -0.492. The Bertz CT molecular complexity index is 1180. The van der Waals surface area contributed by atoms with Gasteiger partial charge in [0.1, 0.15) is 5.69 Å². The van der Waals surface area contributed by atoms with Crippen LogP contribution in [0.2, 0.25) is 0 Å². The van der Waals surface area contributed by atoms with Gasteiger partial charge in [-0.25, -0.2) is 14.8 Å². The zero-order chi connectivity index (χ0) is 19.1. The van der Waals surface area contributed by atoms with Crippen molar-refractivity contribution in [1.82, 2.24) is 34.6 Å². The fraction of sp³-hybridized carbons (Fsp3) is 0.438. The van der Waals surface area contributed by atoms with Crippen LogP contribution in [0, 0.1) is 0 Å². The average molecular weight is 385 g/mol. The van der Waals surface area contributed by atoms with Gasteiger partial charge in [0.05, 0.1) is 25.5 Å². The number of morpholine rings is 1. The third kappa shape index (κ3) is 3.34. The Morgan fingerprint density at radius 1 is 1.29 bits per heavy atom. The van der Waals surface area contributed by atoms with E-state index in [4.69, 9.17) is 4.74 Å². The third-order valence-corrected chi connectivity index (χ3v) is 4.53. The lowest BCUT2D eigenvalue weighted by atomic mass is 10.3. The monoisotopic (exact) mass is 385 g/mol. The summed E-state index contributed by atoms with van der Waals surface area (Å²) in [5.74, 6) is 0.170. The highest BCUT2D eigenvalue weighted by Crippen LogP contribution is 2.22. The Kier molecular flexibility index (Phi) is 4.06. The van der Waals surface area contributed by atoms with Crippen molar-refractivity contribution in [2.24, 2.45) is 4.99 Å². The molecule has 0 amide bonds. The quantitative estimate of drug-likeness (QED) is 0.408. The lowest BCUT2D eigenvalue weighted by Gasteiger charge is -2.26. The Labute approximate surface area is 157 Å². The van der Waals surface area contributed by atoms with E-state index in [1.807, 2.05) is 5.01 Å². The van der Waals surface area contributed by atoms with E-state index in [1.54, 1.807) is 16.8 Å². The van der Waals surface area contributed by atoms with Crippen molar-refractivity contribution < 1.29 is 9.84 Å². The smallest absolute Gasteiger partial charge is 0.326 e. The summed E-state index contributed by atoms with van der Waals surface area (Å²) in [5.41, 5.74) is 3.95. The molecule has 2 aliphatic rings. The van der Waals surface area contributed by atoms with Crippen LogP contribution in [0.5, 0.6) is 5.88 Å². The molecule has 0 atom stereocenters. The van der Waals surface area contributed by atoms with Gasteiger partial charge in [-0.3, -0.25) is 10.4 Å². The highest BCUT2D eigenvalue weighted by atomic mass is 16.5. The molecule has 2 fully saturated rings. The molecular weight excluding hydrogens is 366 g/mol. The summed E-state index contributed by atoms with van der Waals surface area (Å²) in [7, 11) is 0. The Hall–Kier alpha value is -3.25. The molecule has 0 aromatic carbocycles. The predicted octanol–water partition coefficient (Wildman–Crippen LogP) is -1.88. The van der Waals surface area contributed by atoms with E-state index in [0.717, 1.165) is 25.9 Å². The minimum absolute atomic E-state index is 0.243. The van der Waals surface area contributed by atoms with Crippen molar-refractivity contribution in [3.05, 3.63) is 33.2 Å². The van der Waals surface area contributed by atoms with Gasteiger partial charge in [-0.1, -0.05) is 0 Å². The zero-order valence-corrected chi connectivity index (χ0v) is 14.9. The van der Waals surface area contributed by atoms with Crippen molar-refractivity contribution in [2.45, 2.75) is 18.9 Å². The molecule has 1 saturated heterocycles. The van der Waals surface area contributed by atoms with Crippen LogP contribution in [0.4, 0.5) is 5.95 Å². The van der Waals surface area contributed by atoms with E-state index in [2.05, 4.69) is 35.5 Å². The van der Waals surface area contributed by atoms with Crippen molar-refractivity contribution >= 4 is 17.7 Å². The molecule has 1 aliphatic carbocycles. The molecule has 0 spiro atoms. The number of nitrogens with one attached hydrogen (secondary N) is 3. The van der Waals surface area contributed by atoms with Crippen LogP contribution in [-0.2, 0) is 4.74 Å². The second-order valence-electron chi connectivity index (χ2n) is 6.74. The normalized spacial score (nSPS) is 19.6. The third-order valence-electron chi connectivity index (χ3n) is 4.53. The molecule has 12 heteroatoms. The van der Waals surface area contributed by atoms with Crippen molar-refractivity contribution in [3.8, 4) is 5.88 Å². The summed E-state index contributed by atoms with van der Waals surface area (Å²) >= 11 is 0. The van der Waals surface area contributed by atoms with E-state index >= 15 is 0 Å². The number of rotatable bonds is 4. The number of ether oxygens (including phenoxy) is 1. The van der Waals surface area contributed by atoms with Gasteiger partial charge in [-0.05, 0) is 18.9 Å². The second-order valence-corrected chi connectivity index (χ2v) is 6.74. The van der Waals surface area contributed by atoms with Gasteiger partial charge in [-0.2, -0.15) is 19.6 Å². The molecule has 12 nitrogen and oxygen atoms in total. The van der Waals surface area contributed by atoms with Crippen LogP contribution in [-0.4, -0.2) is 72.0 Å². The van der Waals surface area contributed by atoms with Crippen LogP contribution in [0.25, 0.3) is 11.7 Å². The summed E-state index contributed by atoms with van der Waals surface area (Å²) in [6.45, 7) is 2.72. The molecule has 0 bridgehead atoms. The summed E-state index contributed by atoms with van der Waals surface area (Å²) in [4.78, 5) is 29.9. The first kappa shape index (κ1) is 16.9. The Morgan fingerprint density at radius 2 is 2.11 bits per heavy atom. The minimum Gasteiger partial charge on any atom is -0.493 e. The molecule has 5 rings (SSSR count). The fourth-order valence-electron chi connectivity index (χ4n) is 2.95. The van der Waals surface area contributed by atoms with E-state index < -0.39 is 5.69 Å². The fourth-order valence-corrected chi connectivity index (χ4v) is 2.95. The van der Waals surface area contributed by atoms with Crippen LogP contribution in [0.1, 0.15) is 18.5 Å². The molecule has 4 N–H and O–H groups in total. The molecule has 4 heterocycles. The first-order chi connectivity index (χ1) is 13.7. The standard InChI is InChI=1S/C16H19N9O3/c26-13-11(19-16(27)21-13)7-9-8-17-25-12(9)20-14(22-15(25)18-10-1-2-10)23-24-3-5-28-6-4-24/h7-8,10,26H,1-6H2,(H,18,22,23)(H2,19,21,27)/b9-7-. The van der Waals surface area contributed by atoms with Gasteiger partial charge in [-0.15, -0.1) is 0 Å². The topological polar surface area (TPSA) is 149 Å². The van der Waals surface area contributed by atoms with Crippen LogP contribution >= 0.6 is 0 Å². The number of aromatic nitrogens is 6. The highest BCUT2D eigenvalue weighted by Gasteiger charge is 2.21. The van der Waals surface area contributed by atoms with E-state index in [-0.39, 0.29) is 17.6 Å². The van der Waals surface area contributed by atoms with Gasteiger partial charge < -0.3 is 14.8 Å².